The van der Waals surface area contributed by atoms with E-state index in [9.17, 15) is 9.59 Å². The lowest BCUT2D eigenvalue weighted by Gasteiger charge is -2.31. The molecule has 3 rings (SSSR count). The molecule has 0 N–H and O–H groups in total. The number of imide groups is 1. The Morgan fingerprint density at radius 3 is 2.33 bits per heavy atom. The van der Waals surface area contributed by atoms with Crippen LogP contribution in [0.15, 0.2) is 48.9 Å². The second kappa shape index (κ2) is 5.80. The van der Waals surface area contributed by atoms with Crippen LogP contribution in [0.1, 0.15) is 5.56 Å². The summed E-state index contributed by atoms with van der Waals surface area (Å²) in [5.74, 6) is -0.266. The molecule has 1 aliphatic heterocycles. The highest BCUT2D eigenvalue weighted by Crippen LogP contribution is 2.15. The van der Waals surface area contributed by atoms with Crippen LogP contribution in [-0.2, 0) is 16.1 Å². The summed E-state index contributed by atoms with van der Waals surface area (Å²) in [5.41, 5.74) is 1.08. The van der Waals surface area contributed by atoms with Crippen molar-refractivity contribution in [3.8, 4) is 0 Å². The lowest BCUT2D eigenvalue weighted by molar-refractivity contribution is -0.132. The molecule has 0 spiro atoms. The van der Waals surface area contributed by atoms with E-state index in [1.54, 1.807) is 0 Å². The summed E-state index contributed by atoms with van der Waals surface area (Å²) in [6.07, 6.45) is 4.39. The quantitative estimate of drug-likeness (QED) is 0.781. The molecule has 106 valence electrons. The van der Waals surface area contributed by atoms with Gasteiger partial charge in [-0.25, -0.2) is 9.88 Å². The zero-order valence-electron chi connectivity index (χ0n) is 11.3. The monoisotopic (exact) mass is 282 g/mol. The molecule has 0 bridgehead atoms. The van der Waals surface area contributed by atoms with E-state index in [1.165, 1.54) is 18.6 Å². The molecular formula is C15H14N4O2. The predicted octanol–water partition coefficient (Wildman–Crippen LogP) is 0.852. The number of aromatic nitrogens is 2. The van der Waals surface area contributed by atoms with E-state index < -0.39 is 0 Å². The Morgan fingerprint density at radius 2 is 1.71 bits per heavy atom. The Kier molecular flexibility index (Phi) is 3.70. The Morgan fingerprint density at radius 1 is 1.00 bits per heavy atom. The molecule has 6 heteroatoms. The molecule has 1 aromatic carbocycles. The summed E-state index contributed by atoms with van der Waals surface area (Å²) in [6.45, 7) is 0.959. The molecule has 21 heavy (non-hydrogen) atoms. The first-order valence-corrected chi connectivity index (χ1v) is 6.62. The zero-order chi connectivity index (χ0) is 14.7. The summed E-state index contributed by atoms with van der Waals surface area (Å²) >= 11 is 0. The second-order valence-electron chi connectivity index (χ2n) is 4.82. The third-order valence-electron chi connectivity index (χ3n) is 3.24. The lowest BCUT2D eigenvalue weighted by atomic mass is 10.2. The first-order valence-electron chi connectivity index (χ1n) is 6.62. The topological polar surface area (TPSA) is 66.4 Å². The van der Waals surface area contributed by atoms with E-state index >= 15 is 0 Å². The number of carbonyl (C=O) groups is 2. The van der Waals surface area contributed by atoms with Crippen molar-refractivity contribution < 1.29 is 9.59 Å². The molecule has 1 aromatic heterocycles. The Hall–Kier alpha value is -2.60. The molecule has 0 saturated carbocycles. The fourth-order valence-corrected chi connectivity index (χ4v) is 2.33. The van der Waals surface area contributed by atoms with Crippen molar-refractivity contribution in [3.63, 3.8) is 0 Å². The average molecular weight is 282 g/mol. The van der Waals surface area contributed by atoms with E-state index in [2.05, 4.69) is 9.97 Å². The van der Waals surface area contributed by atoms with Crippen LogP contribution in [0.3, 0.4) is 0 Å². The highest BCUT2D eigenvalue weighted by molar-refractivity contribution is 6.17. The average Bonchev–Trinajstić information content (AvgIpc) is 2.49. The summed E-state index contributed by atoms with van der Waals surface area (Å²) in [5, 5.41) is 0. The molecule has 0 atom stereocenters. The fourth-order valence-electron chi connectivity index (χ4n) is 2.33. The van der Waals surface area contributed by atoms with Crippen molar-refractivity contribution in [2.75, 3.05) is 18.0 Å². The number of carbonyl (C=O) groups excluding carboxylic acids is 2. The zero-order valence-corrected chi connectivity index (χ0v) is 11.3. The number of hydrogen-bond donors (Lipinski definition) is 0. The summed E-state index contributed by atoms with van der Waals surface area (Å²) < 4.78 is 0. The number of hydrogen-bond acceptors (Lipinski definition) is 5. The van der Waals surface area contributed by atoms with Gasteiger partial charge in [0, 0.05) is 18.9 Å². The highest BCUT2D eigenvalue weighted by Gasteiger charge is 2.32. The van der Waals surface area contributed by atoms with Gasteiger partial charge < -0.3 is 0 Å². The number of piperazine rings is 1. The number of amides is 2. The molecule has 2 aromatic rings. The number of anilines is 1. The second-order valence-corrected chi connectivity index (χ2v) is 4.82. The maximum Gasteiger partial charge on any atom is 0.249 e. The van der Waals surface area contributed by atoms with Crippen LogP contribution >= 0.6 is 0 Å². The number of nitrogens with zero attached hydrogens (tertiary/aromatic N) is 4. The molecule has 1 aliphatic rings. The van der Waals surface area contributed by atoms with Crippen molar-refractivity contribution in [3.05, 3.63) is 54.5 Å². The molecule has 0 radical (unpaired) electrons. The van der Waals surface area contributed by atoms with E-state index in [0.29, 0.717) is 6.54 Å². The van der Waals surface area contributed by atoms with E-state index in [4.69, 9.17) is 0 Å². The number of benzene rings is 1. The van der Waals surface area contributed by atoms with Gasteiger partial charge in [0.15, 0.2) is 5.82 Å². The first kappa shape index (κ1) is 13.4. The maximum absolute atomic E-state index is 12.2. The van der Waals surface area contributed by atoms with Gasteiger partial charge in [-0.05, 0) is 5.56 Å². The van der Waals surface area contributed by atoms with Crippen LogP contribution < -0.4 is 4.90 Å². The van der Waals surface area contributed by atoms with E-state index in [-0.39, 0.29) is 30.7 Å². The maximum atomic E-state index is 12.2. The molecule has 6 nitrogen and oxygen atoms in total. The first-order chi connectivity index (χ1) is 10.2. The Bertz CT molecular complexity index is 627. The van der Waals surface area contributed by atoms with Gasteiger partial charge in [-0.3, -0.25) is 19.5 Å². The van der Waals surface area contributed by atoms with Gasteiger partial charge in [-0.2, -0.15) is 0 Å². The van der Waals surface area contributed by atoms with E-state index in [1.807, 2.05) is 35.2 Å². The summed E-state index contributed by atoms with van der Waals surface area (Å²) in [4.78, 5) is 35.2. The van der Waals surface area contributed by atoms with Crippen LogP contribution in [0.2, 0.25) is 0 Å². The van der Waals surface area contributed by atoms with Gasteiger partial charge in [0.2, 0.25) is 11.8 Å². The van der Waals surface area contributed by atoms with Crippen LogP contribution in [-0.4, -0.2) is 39.8 Å². The summed E-state index contributed by atoms with van der Waals surface area (Å²) in [7, 11) is 0. The van der Waals surface area contributed by atoms with Crippen LogP contribution in [0.4, 0.5) is 5.82 Å². The minimum atomic E-state index is -0.275. The molecule has 2 amide bonds. The molecule has 0 aliphatic carbocycles. The SMILES string of the molecule is O=C1CN(Cc2ccccc2)CC(=O)N1c1cnccn1. The van der Waals surface area contributed by atoms with Gasteiger partial charge in [0.25, 0.3) is 0 Å². The van der Waals surface area contributed by atoms with Crippen molar-refractivity contribution >= 4 is 17.6 Å². The third-order valence-corrected chi connectivity index (χ3v) is 3.24. The number of rotatable bonds is 3. The molecule has 1 fully saturated rings. The normalized spacial score (nSPS) is 16.3. The Balaban J connectivity index is 1.73. The fraction of sp³-hybridized carbons (Fsp3) is 0.200. The predicted molar refractivity (Wildman–Crippen MR) is 76.2 cm³/mol. The van der Waals surface area contributed by atoms with Crippen molar-refractivity contribution in [1.29, 1.82) is 0 Å². The largest absolute Gasteiger partial charge is 0.281 e. The molecular weight excluding hydrogens is 268 g/mol. The van der Waals surface area contributed by atoms with Crippen LogP contribution in [0.25, 0.3) is 0 Å². The van der Waals surface area contributed by atoms with Gasteiger partial charge in [-0.1, -0.05) is 30.3 Å². The van der Waals surface area contributed by atoms with E-state index in [0.717, 1.165) is 10.5 Å². The smallest absolute Gasteiger partial charge is 0.249 e. The minimum Gasteiger partial charge on any atom is -0.281 e. The van der Waals surface area contributed by atoms with Gasteiger partial charge in [0.05, 0.1) is 19.3 Å². The summed E-state index contributed by atoms with van der Waals surface area (Å²) in [6, 6.07) is 9.77. The Labute approximate surface area is 122 Å². The van der Waals surface area contributed by atoms with Gasteiger partial charge >= 0.3 is 0 Å². The van der Waals surface area contributed by atoms with Gasteiger partial charge in [0.1, 0.15) is 0 Å². The van der Waals surface area contributed by atoms with Crippen LogP contribution in [0, 0.1) is 0 Å². The minimum absolute atomic E-state index is 0.192. The molecule has 1 saturated heterocycles. The van der Waals surface area contributed by atoms with Crippen molar-refractivity contribution in [2.24, 2.45) is 0 Å². The highest BCUT2D eigenvalue weighted by atomic mass is 16.2. The standard InChI is InChI=1S/C15H14N4O2/c20-14-10-18(9-12-4-2-1-3-5-12)11-15(21)19(14)13-8-16-6-7-17-13/h1-8H,9-11H2. The third kappa shape index (κ3) is 2.95. The van der Waals surface area contributed by atoms with Gasteiger partial charge in [-0.15, -0.1) is 0 Å². The van der Waals surface area contributed by atoms with Crippen LogP contribution in [0.5, 0.6) is 0 Å². The molecule has 0 unspecified atom stereocenters. The lowest BCUT2D eigenvalue weighted by Crippen LogP contribution is -2.54. The molecule has 2 heterocycles. The van der Waals surface area contributed by atoms with Crippen molar-refractivity contribution in [2.45, 2.75) is 6.54 Å². The van der Waals surface area contributed by atoms with Crippen molar-refractivity contribution in [1.82, 2.24) is 14.9 Å².